The lowest BCUT2D eigenvalue weighted by atomic mass is 9.83. The Morgan fingerprint density at radius 1 is 1.40 bits per heavy atom. The summed E-state index contributed by atoms with van der Waals surface area (Å²) in [5.74, 6) is 0.470. The molecule has 2 atom stereocenters. The molecule has 2 rings (SSSR count). The fourth-order valence-corrected chi connectivity index (χ4v) is 4.52. The number of piperidine rings is 2. The Morgan fingerprint density at radius 2 is 2.15 bits per heavy atom. The predicted octanol–water partition coefficient (Wildman–Crippen LogP) is 1.36. The summed E-state index contributed by atoms with van der Waals surface area (Å²) in [6.45, 7) is 8.07. The van der Waals surface area contributed by atoms with Crippen LogP contribution in [0.2, 0.25) is 0 Å². The number of hydrogen-bond donors (Lipinski definition) is 2. The molecule has 2 fully saturated rings. The SMILES string of the molecule is CC1CCCN(S(=O)(=O)NCC2(C)CCCNC2)C1.Cl. The number of nitrogens with one attached hydrogen (secondary N) is 2. The summed E-state index contributed by atoms with van der Waals surface area (Å²) >= 11 is 0. The Labute approximate surface area is 129 Å². The highest BCUT2D eigenvalue weighted by Crippen LogP contribution is 2.25. The smallest absolute Gasteiger partial charge is 0.279 e. The highest BCUT2D eigenvalue weighted by atomic mass is 35.5. The minimum absolute atomic E-state index is 0. The summed E-state index contributed by atoms with van der Waals surface area (Å²) in [6.07, 6.45) is 4.31. The summed E-state index contributed by atoms with van der Waals surface area (Å²) < 4.78 is 29.1. The number of nitrogens with zero attached hydrogens (tertiary/aromatic N) is 1. The molecular formula is C13H28ClN3O2S. The maximum absolute atomic E-state index is 12.3. The van der Waals surface area contributed by atoms with Gasteiger partial charge in [0.25, 0.3) is 10.2 Å². The van der Waals surface area contributed by atoms with E-state index in [4.69, 9.17) is 0 Å². The Bertz CT molecular complexity index is 396. The van der Waals surface area contributed by atoms with Gasteiger partial charge in [0.1, 0.15) is 0 Å². The Balaban J connectivity index is 0.00000200. The summed E-state index contributed by atoms with van der Waals surface area (Å²) in [4.78, 5) is 0. The molecule has 0 spiro atoms. The molecule has 2 saturated heterocycles. The second-order valence-electron chi connectivity index (χ2n) is 6.52. The van der Waals surface area contributed by atoms with Gasteiger partial charge in [0.05, 0.1) is 0 Å². The van der Waals surface area contributed by atoms with E-state index in [1.54, 1.807) is 4.31 Å². The molecule has 0 aromatic heterocycles. The average Bonchev–Trinajstić information content (AvgIpc) is 2.38. The van der Waals surface area contributed by atoms with Crippen LogP contribution in [0.25, 0.3) is 0 Å². The second kappa shape index (κ2) is 7.40. The van der Waals surface area contributed by atoms with Gasteiger partial charge in [-0.1, -0.05) is 13.8 Å². The summed E-state index contributed by atoms with van der Waals surface area (Å²) in [7, 11) is -3.30. The standard InChI is InChI=1S/C13H27N3O2S.ClH/c1-12-5-3-8-16(9-12)19(17,18)15-11-13(2)6-4-7-14-10-13;/h12,14-15H,3-11H2,1-2H3;1H. The molecule has 120 valence electrons. The Hall–Kier alpha value is 0.120. The molecule has 0 amide bonds. The van der Waals surface area contributed by atoms with E-state index < -0.39 is 10.2 Å². The van der Waals surface area contributed by atoms with E-state index in [-0.39, 0.29) is 17.8 Å². The molecule has 0 aromatic rings. The van der Waals surface area contributed by atoms with Crippen LogP contribution in [0.4, 0.5) is 0 Å². The first-order chi connectivity index (χ1) is 8.91. The quantitative estimate of drug-likeness (QED) is 0.820. The van der Waals surface area contributed by atoms with Crippen LogP contribution in [-0.2, 0) is 10.2 Å². The van der Waals surface area contributed by atoms with Crippen LogP contribution in [-0.4, -0.2) is 45.4 Å². The van der Waals surface area contributed by atoms with E-state index in [0.29, 0.717) is 25.6 Å². The molecule has 20 heavy (non-hydrogen) atoms. The molecule has 0 radical (unpaired) electrons. The highest BCUT2D eigenvalue weighted by Gasteiger charge is 2.31. The Morgan fingerprint density at radius 3 is 2.75 bits per heavy atom. The van der Waals surface area contributed by atoms with Crippen molar-refractivity contribution in [3.63, 3.8) is 0 Å². The van der Waals surface area contributed by atoms with E-state index >= 15 is 0 Å². The van der Waals surface area contributed by atoms with Gasteiger partial charge in [0.2, 0.25) is 0 Å². The lowest BCUT2D eigenvalue weighted by Crippen LogP contribution is -2.50. The minimum Gasteiger partial charge on any atom is -0.316 e. The van der Waals surface area contributed by atoms with Gasteiger partial charge in [0.15, 0.2) is 0 Å². The van der Waals surface area contributed by atoms with Crippen molar-refractivity contribution in [2.45, 2.75) is 39.5 Å². The average molecular weight is 326 g/mol. The molecule has 0 aromatic carbocycles. The first-order valence-corrected chi connectivity index (χ1v) is 8.81. The predicted molar refractivity (Wildman–Crippen MR) is 84.4 cm³/mol. The van der Waals surface area contributed by atoms with E-state index in [9.17, 15) is 8.42 Å². The van der Waals surface area contributed by atoms with Gasteiger partial charge in [-0.15, -0.1) is 12.4 Å². The van der Waals surface area contributed by atoms with Crippen LogP contribution >= 0.6 is 12.4 Å². The summed E-state index contributed by atoms with van der Waals surface area (Å²) in [5.41, 5.74) is 0.0483. The molecule has 5 nitrogen and oxygen atoms in total. The zero-order valence-corrected chi connectivity index (χ0v) is 14.2. The Kier molecular flexibility index (Phi) is 6.73. The van der Waals surface area contributed by atoms with Crippen LogP contribution in [0, 0.1) is 11.3 Å². The van der Waals surface area contributed by atoms with Gasteiger partial charge in [-0.3, -0.25) is 0 Å². The number of rotatable bonds is 4. The van der Waals surface area contributed by atoms with Gasteiger partial charge in [-0.25, -0.2) is 4.72 Å². The minimum atomic E-state index is -3.30. The third-order valence-corrected chi connectivity index (χ3v) is 5.85. The summed E-state index contributed by atoms with van der Waals surface area (Å²) in [6, 6.07) is 0. The topological polar surface area (TPSA) is 61.4 Å². The van der Waals surface area contributed by atoms with Crippen molar-refractivity contribution in [2.75, 3.05) is 32.7 Å². The molecule has 2 N–H and O–H groups in total. The van der Waals surface area contributed by atoms with Gasteiger partial charge in [-0.05, 0) is 43.6 Å². The molecule has 2 aliphatic heterocycles. The van der Waals surface area contributed by atoms with Crippen LogP contribution in [0.1, 0.15) is 39.5 Å². The monoisotopic (exact) mass is 325 g/mol. The number of hydrogen-bond acceptors (Lipinski definition) is 3. The van der Waals surface area contributed by atoms with Crippen molar-refractivity contribution >= 4 is 22.6 Å². The van der Waals surface area contributed by atoms with E-state index in [1.165, 1.54) is 0 Å². The van der Waals surface area contributed by atoms with Gasteiger partial charge in [-0.2, -0.15) is 12.7 Å². The second-order valence-corrected chi connectivity index (χ2v) is 8.28. The van der Waals surface area contributed by atoms with Gasteiger partial charge in [0, 0.05) is 26.2 Å². The highest BCUT2D eigenvalue weighted by molar-refractivity contribution is 7.87. The summed E-state index contributed by atoms with van der Waals surface area (Å²) in [5, 5.41) is 3.35. The maximum Gasteiger partial charge on any atom is 0.279 e. The van der Waals surface area contributed by atoms with Crippen LogP contribution in [0.15, 0.2) is 0 Å². The lowest BCUT2D eigenvalue weighted by Gasteiger charge is -2.36. The molecule has 2 aliphatic rings. The maximum atomic E-state index is 12.3. The molecule has 0 saturated carbocycles. The largest absolute Gasteiger partial charge is 0.316 e. The van der Waals surface area contributed by atoms with Gasteiger partial charge < -0.3 is 5.32 Å². The van der Waals surface area contributed by atoms with E-state index in [0.717, 1.165) is 38.8 Å². The molecule has 0 aliphatic carbocycles. The molecule has 0 bridgehead atoms. The molecular weight excluding hydrogens is 298 g/mol. The zero-order valence-electron chi connectivity index (χ0n) is 12.5. The van der Waals surface area contributed by atoms with Crippen LogP contribution < -0.4 is 10.0 Å². The fourth-order valence-electron chi connectivity index (χ4n) is 2.99. The zero-order chi connectivity index (χ0) is 13.9. The van der Waals surface area contributed by atoms with Crippen molar-refractivity contribution in [3.05, 3.63) is 0 Å². The number of halogens is 1. The van der Waals surface area contributed by atoms with Crippen molar-refractivity contribution in [1.82, 2.24) is 14.3 Å². The molecule has 7 heteroatoms. The third-order valence-electron chi connectivity index (χ3n) is 4.33. The molecule has 2 unspecified atom stereocenters. The lowest BCUT2D eigenvalue weighted by molar-refractivity contribution is 0.232. The first-order valence-electron chi connectivity index (χ1n) is 7.37. The van der Waals surface area contributed by atoms with Crippen molar-refractivity contribution in [3.8, 4) is 0 Å². The van der Waals surface area contributed by atoms with E-state index in [2.05, 4.69) is 23.9 Å². The van der Waals surface area contributed by atoms with Crippen molar-refractivity contribution in [2.24, 2.45) is 11.3 Å². The third kappa shape index (κ3) is 4.84. The fraction of sp³-hybridized carbons (Fsp3) is 1.00. The van der Waals surface area contributed by atoms with Gasteiger partial charge >= 0.3 is 0 Å². The van der Waals surface area contributed by atoms with Crippen molar-refractivity contribution in [1.29, 1.82) is 0 Å². The van der Waals surface area contributed by atoms with Crippen molar-refractivity contribution < 1.29 is 8.42 Å². The van der Waals surface area contributed by atoms with E-state index in [1.807, 2.05) is 0 Å². The first kappa shape index (κ1) is 18.2. The van der Waals surface area contributed by atoms with Crippen LogP contribution in [0.5, 0.6) is 0 Å². The molecule has 2 heterocycles. The normalized spacial score (nSPS) is 32.6. The van der Waals surface area contributed by atoms with Crippen LogP contribution in [0.3, 0.4) is 0 Å².